The van der Waals surface area contributed by atoms with E-state index in [-0.39, 0.29) is 18.1 Å². The van der Waals surface area contributed by atoms with E-state index >= 15 is 0 Å². The van der Waals surface area contributed by atoms with Crippen molar-refractivity contribution in [3.63, 3.8) is 0 Å². The number of urea groups is 1. The molecule has 2 atom stereocenters. The molecule has 0 bridgehead atoms. The molecule has 0 radical (unpaired) electrons. The van der Waals surface area contributed by atoms with Crippen molar-refractivity contribution in [2.24, 2.45) is 5.73 Å². The molecule has 94 valence electrons. The zero-order valence-electron chi connectivity index (χ0n) is 9.65. The van der Waals surface area contributed by atoms with Crippen LogP contribution in [0.3, 0.4) is 0 Å². The number of nitrogens with two attached hydrogens (primary N) is 1. The third kappa shape index (κ3) is 3.20. The number of carbonyl (C=O) groups excluding carboxylic acids is 1. The summed E-state index contributed by atoms with van der Waals surface area (Å²) < 4.78 is 1.07. The average molecular weight is 318 g/mol. The van der Waals surface area contributed by atoms with Crippen molar-refractivity contribution in [1.29, 1.82) is 0 Å². The number of nitrogens with zero attached hydrogens (tertiary/aromatic N) is 1. The number of halogens is 1. The van der Waals surface area contributed by atoms with E-state index in [2.05, 4.69) is 27.3 Å². The van der Waals surface area contributed by atoms with Gasteiger partial charge in [-0.2, -0.15) is 0 Å². The fourth-order valence-electron chi connectivity index (χ4n) is 1.81. The van der Waals surface area contributed by atoms with Crippen molar-refractivity contribution in [2.45, 2.75) is 25.4 Å². The fourth-order valence-corrected chi connectivity index (χ4v) is 3.30. The molecule has 0 saturated carbocycles. The number of carbonyl (C=O) groups is 1. The number of rotatable bonds is 4. The standard InChI is InChI=1S/C11H16BrN3OS/c1-7(13)2-3-15-5-9(14-11(15)16)10-4-8(12)6-17-10/h4,6-7,9H,2-3,5,13H2,1H3,(H,14,16). The molecule has 6 heteroatoms. The highest BCUT2D eigenvalue weighted by Crippen LogP contribution is 2.28. The smallest absolute Gasteiger partial charge is 0.318 e. The Morgan fingerprint density at radius 1 is 1.76 bits per heavy atom. The van der Waals surface area contributed by atoms with Gasteiger partial charge in [-0.15, -0.1) is 11.3 Å². The first-order valence-corrected chi connectivity index (χ1v) is 7.28. The molecule has 0 aliphatic carbocycles. The van der Waals surface area contributed by atoms with Crippen LogP contribution in [0.2, 0.25) is 0 Å². The Kier molecular flexibility index (Phi) is 4.06. The van der Waals surface area contributed by atoms with E-state index in [1.165, 1.54) is 4.88 Å². The minimum atomic E-state index is 0.0140. The van der Waals surface area contributed by atoms with Crippen molar-refractivity contribution in [3.8, 4) is 0 Å². The maximum absolute atomic E-state index is 11.7. The minimum Gasteiger partial charge on any atom is -0.329 e. The third-order valence-corrected chi connectivity index (χ3v) is 4.58. The normalized spacial score (nSPS) is 21.7. The molecule has 2 heterocycles. The lowest BCUT2D eigenvalue weighted by molar-refractivity contribution is 0.216. The van der Waals surface area contributed by atoms with Crippen molar-refractivity contribution in [3.05, 3.63) is 20.8 Å². The Labute approximate surface area is 113 Å². The van der Waals surface area contributed by atoms with E-state index in [0.717, 1.165) is 24.0 Å². The largest absolute Gasteiger partial charge is 0.329 e. The molecule has 3 N–H and O–H groups in total. The van der Waals surface area contributed by atoms with Crippen LogP contribution in [0.4, 0.5) is 4.79 Å². The summed E-state index contributed by atoms with van der Waals surface area (Å²) in [6.45, 7) is 3.42. The molecule has 1 aromatic rings. The van der Waals surface area contributed by atoms with Gasteiger partial charge in [0.25, 0.3) is 0 Å². The van der Waals surface area contributed by atoms with Crippen LogP contribution in [-0.2, 0) is 0 Å². The molecule has 2 unspecified atom stereocenters. The lowest BCUT2D eigenvalue weighted by Gasteiger charge is -2.15. The van der Waals surface area contributed by atoms with Gasteiger partial charge in [0.2, 0.25) is 0 Å². The molecular weight excluding hydrogens is 302 g/mol. The highest BCUT2D eigenvalue weighted by Gasteiger charge is 2.30. The number of nitrogens with one attached hydrogen (secondary N) is 1. The van der Waals surface area contributed by atoms with Crippen molar-refractivity contribution in [1.82, 2.24) is 10.2 Å². The summed E-state index contributed by atoms with van der Waals surface area (Å²) in [5.41, 5.74) is 5.70. The maximum Gasteiger partial charge on any atom is 0.318 e. The van der Waals surface area contributed by atoms with Gasteiger partial charge in [0.15, 0.2) is 0 Å². The van der Waals surface area contributed by atoms with Crippen LogP contribution in [0.15, 0.2) is 15.9 Å². The second kappa shape index (κ2) is 5.37. The Bertz CT molecular complexity index is 407. The summed E-state index contributed by atoms with van der Waals surface area (Å²) >= 11 is 5.09. The molecule has 0 spiro atoms. The molecule has 1 aliphatic rings. The number of amides is 2. The van der Waals surface area contributed by atoms with E-state index in [4.69, 9.17) is 5.73 Å². The maximum atomic E-state index is 11.7. The summed E-state index contributed by atoms with van der Waals surface area (Å²) in [7, 11) is 0. The molecule has 4 nitrogen and oxygen atoms in total. The molecule has 1 saturated heterocycles. The number of hydrogen-bond acceptors (Lipinski definition) is 3. The van der Waals surface area contributed by atoms with Gasteiger partial charge in [-0.25, -0.2) is 4.79 Å². The van der Waals surface area contributed by atoms with Crippen molar-refractivity contribution >= 4 is 33.3 Å². The van der Waals surface area contributed by atoms with Gasteiger partial charge in [0.05, 0.1) is 6.04 Å². The first-order valence-electron chi connectivity index (χ1n) is 5.61. The van der Waals surface area contributed by atoms with Crippen molar-refractivity contribution in [2.75, 3.05) is 13.1 Å². The minimum absolute atomic E-state index is 0.0140. The van der Waals surface area contributed by atoms with Gasteiger partial charge in [0, 0.05) is 33.9 Å². The topological polar surface area (TPSA) is 58.4 Å². The van der Waals surface area contributed by atoms with E-state index < -0.39 is 0 Å². The fraction of sp³-hybridized carbons (Fsp3) is 0.545. The Morgan fingerprint density at radius 2 is 2.53 bits per heavy atom. The summed E-state index contributed by atoms with van der Waals surface area (Å²) in [6, 6.07) is 2.33. The van der Waals surface area contributed by atoms with Crippen LogP contribution in [0.25, 0.3) is 0 Å². The zero-order chi connectivity index (χ0) is 12.4. The van der Waals surface area contributed by atoms with E-state index in [9.17, 15) is 4.79 Å². The summed E-state index contributed by atoms with van der Waals surface area (Å²) in [6.07, 6.45) is 0.842. The van der Waals surface area contributed by atoms with E-state index in [1.54, 1.807) is 11.3 Å². The van der Waals surface area contributed by atoms with Gasteiger partial charge in [-0.05, 0) is 35.3 Å². The molecule has 1 aromatic heterocycles. The van der Waals surface area contributed by atoms with Gasteiger partial charge >= 0.3 is 6.03 Å². The Morgan fingerprint density at radius 3 is 3.12 bits per heavy atom. The Hall–Kier alpha value is -0.590. The molecule has 17 heavy (non-hydrogen) atoms. The second-order valence-electron chi connectivity index (χ2n) is 4.38. The second-order valence-corrected chi connectivity index (χ2v) is 6.24. The Balaban J connectivity index is 1.95. The molecule has 2 amide bonds. The monoisotopic (exact) mass is 317 g/mol. The number of hydrogen-bond donors (Lipinski definition) is 2. The van der Waals surface area contributed by atoms with Gasteiger partial charge in [-0.1, -0.05) is 0 Å². The molecule has 0 aromatic carbocycles. The van der Waals surface area contributed by atoms with Gasteiger partial charge < -0.3 is 16.0 Å². The molecule has 2 rings (SSSR count). The van der Waals surface area contributed by atoms with E-state index in [1.807, 2.05) is 17.2 Å². The summed E-state index contributed by atoms with van der Waals surface area (Å²) in [4.78, 5) is 14.8. The zero-order valence-corrected chi connectivity index (χ0v) is 12.1. The predicted octanol–water partition coefficient (Wildman–Crippen LogP) is 2.31. The average Bonchev–Trinajstić information content (AvgIpc) is 2.82. The van der Waals surface area contributed by atoms with Crippen LogP contribution >= 0.6 is 27.3 Å². The van der Waals surface area contributed by atoms with Crippen LogP contribution in [0.1, 0.15) is 24.3 Å². The molecule has 1 fully saturated rings. The summed E-state index contributed by atoms with van der Waals surface area (Å²) in [5, 5.41) is 5.03. The first kappa shape index (κ1) is 12.9. The number of thiophene rings is 1. The third-order valence-electron chi connectivity index (χ3n) is 2.77. The van der Waals surface area contributed by atoms with Gasteiger partial charge in [-0.3, -0.25) is 0 Å². The predicted molar refractivity (Wildman–Crippen MR) is 73.1 cm³/mol. The van der Waals surface area contributed by atoms with Crippen molar-refractivity contribution < 1.29 is 4.79 Å². The quantitative estimate of drug-likeness (QED) is 0.895. The first-order chi connectivity index (χ1) is 8.06. The lowest BCUT2D eigenvalue weighted by Crippen LogP contribution is -2.32. The highest BCUT2D eigenvalue weighted by atomic mass is 79.9. The van der Waals surface area contributed by atoms with Crippen LogP contribution in [0, 0.1) is 0 Å². The molecular formula is C11H16BrN3OS. The lowest BCUT2D eigenvalue weighted by atomic mass is 10.2. The highest BCUT2D eigenvalue weighted by molar-refractivity contribution is 9.10. The van der Waals surface area contributed by atoms with E-state index in [0.29, 0.717) is 0 Å². The van der Waals surface area contributed by atoms with Gasteiger partial charge in [0.1, 0.15) is 0 Å². The van der Waals surface area contributed by atoms with Crippen LogP contribution < -0.4 is 11.1 Å². The molecule has 1 aliphatic heterocycles. The van der Waals surface area contributed by atoms with Crippen LogP contribution in [0.5, 0.6) is 0 Å². The SMILES string of the molecule is CC(N)CCN1CC(c2cc(Br)cs2)NC1=O. The van der Waals surface area contributed by atoms with Crippen LogP contribution in [-0.4, -0.2) is 30.1 Å². The summed E-state index contributed by atoms with van der Waals surface area (Å²) in [5.74, 6) is 0.